The number of amidine groups is 1. The van der Waals surface area contributed by atoms with Crippen molar-refractivity contribution in [3.63, 3.8) is 0 Å². The maximum Gasteiger partial charge on any atom is 0.134 e. The third kappa shape index (κ3) is 3.35. The normalized spacial score (nSPS) is 13.0. The molecule has 0 aliphatic carbocycles. The number of halogens is 1. The molecule has 0 bridgehead atoms. The number of nitrogens with zero attached hydrogens (tertiary/aromatic N) is 3. The van der Waals surface area contributed by atoms with Gasteiger partial charge in [-0.1, -0.05) is 11.6 Å². The van der Waals surface area contributed by atoms with Gasteiger partial charge >= 0.3 is 0 Å². The van der Waals surface area contributed by atoms with Crippen molar-refractivity contribution in [1.82, 2.24) is 4.98 Å². The van der Waals surface area contributed by atoms with Crippen LogP contribution < -0.4 is 5.73 Å². The molecule has 0 saturated heterocycles. The van der Waals surface area contributed by atoms with Crippen molar-refractivity contribution in [2.24, 2.45) is 15.7 Å². The first-order valence-electron chi connectivity index (χ1n) is 6.35. The molecular formula is C15H15ClN4OS. The number of aromatic hydroxyl groups is 1. The van der Waals surface area contributed by atoms with Gasteiger partial charge in [0.25, 0.3) is 0 Å². The van der Waals surface area contributed by atoms with Crippen molar-refractivity contribution in [2.45, 2.75) is 13.8 Å². The highest BCUT2D eigenvalue weighted by atomic mass is 35.5. The van der Waals surface area contributed by atoms with E-state index in [-0.39, 0.29) is 10.8 Å². The Morgan fingerprint density at radius 2 is 2.14 bits per heavy atom. The molecule has 2 rings (SSSR count). The summed E-state index contributed by atoms with van der Waals surface area (Å²) < 4.78 is 0. The van der Waals surface area contributed by atoms with Gasteiger partial charge in [-0.25, -0.2) is 9.98 Å². The fraction of sp³-hybridized carbons (Fsp3) is 0.133. The lowest BCUT2D eigenvalue weighted by Gasteiger charge is -2.09. The van der Waals surface area contributed by atoms with E-state index in [2.05, 4.69) is 21.7 Å². The molecule has 7 heteroatoms. The van der Waals surface area contributed by atoms with Crippen LogP contribution >= 0.6 is 22.9 Å². The molecule has 0 fully saturated rings. The van der Waals surface area contributed by atoms with Gasteiger partial charge in [0.05, 0.1) is 32.6 Å². The Balaban J connectivity index is 2.74. The second-order valence-electron chi connectivity index (χ2n) is 4.54. The lowest BCUT2D eigenvalue weighted by atomic mass is 10.1. The summed E-state index contributed by atoms with van der Waals surface area (Å²) in [4.78, 5) is 13.6. The maximum absolute atomic E-state index is 9.56. The summed E-state index contributed by atoms with van der Waals surface area (Å²) in [5.41, 5.74) is 10.1. The zero-order valence-electron chi connectivity index (χ0n) is 12.2. The lowest BCUT2D eigenvalue weighted by Crippen LogP contribution is -2.06. The third-order valence-corrected chi connectivity index (χ3v) is 4.09. The summed E-state index contributed by atoms with van der Waals surface area (Å²) in [6.07, 6.45) is 0. The molecule has 0 radical (unpaired) electrons. The third-order valence-electron chi connectivity index (χ3n) is 2.85. The zero-order valence-corrected chi connectivity index (χ0v) is 13.7. The van der Waals surface area contributed by atoms with Crippen LogP contribution in [0.3, 0.4) is 0 Å². The predicted molar refractivity (Wildman–Crippen MR) is 93.6 cm³/mol. The molecule has 0 spiro atoms. The van der Waals surface area contributed by atoms with Crippen LogP contribution in [0.4, 0.5) is 0 Å². The smallest absolute Gasteiger partial charge is 0.134 e. The van der Waals surface area contributed by atoms with Crippen molar-refractivity contribution in [3.8, 4) is 5.75 Å². The first-order valence-corrected chi connectivity index (χ1v) is 7.61. The quantitative estimate of drug-likeness (QED) is 0.660. The minimum atomic E-state index is 0.00264. The van der Waals surface area contributed by atoms with Crippen molar-refractivity contribution in [2.75, 3.05) is 0 Å². The van der Waals surface area contributed by atoms with Crippen LogP contribution in [0.15, 0.2) is 33.7 Å². The van der Waals surface area contributed by atoms with Gasteiger partial charge in [-0.05, 0) is 38.8 Å². The highest BCUT2D eigenvalue weighted by Gasteiger charge is 2.15. The van der Waals surface area contributed by atoms with Gasteiger partial charge < -0.3 is 10.8 Å². The van der Waals surface area contributed by atoms with Gasteiger partial charge in [0.2, 0.25) is 0 Å². The first kappa shape index (κ1) is 16.2. The number of rotatable bonds is 4. The monoisotopic (exact) mass is 334 g/mol. The molecule has 0 amide bonds. The van der Waals surface area contributed by atoms with Crippen molar-refractivity contribution >= 4 is 46.9 Å². The van der Waals surface area contributed by atoms with E-state index in [0.717, 1.165) is 10.6 Å². The van der Waals surface area contributed by atoms with Crippen LogP contribution in [0.25, 0.3) is 11.4 Å². The minimum absolute atomic E-state index is 0.00264. The Morgan fingerprint density at radius 3 is 2.64 bits per heavy atom. The second kappa shape index (κ2) is 6.72. The second-order valence-corrected chi connectivity index (χ2v) is 5.80. The van der Waals surface area contributed by atoms with E-state index in [1.165, 1.54) is 17.4 Å². The molecule has 0 aliphatic rings. The van der Waals surface area contributed by atoms with Gasteiger partial charge in [0.1, 0.15) is 11.4 Å². The Kier molecular flexibility index (Phi) is 4.95. The van der Waals surface area contributed by atoms with Crippen molar-refractivity contribution in [3.05, 3.63) is 44.9 Å². The fourth-order valence-electron chi connectivity index (χ4n) is 1.87. The molecular weight excluding hydrogens is 320 g/mol. The van der Waals surface area contributed by atoms with Gasteiger partial charge in [0.15, 0.2) is 0 Å². The Bertz CT molecular complexity index is 776. The molecule has 0 aliphatic heterocycles. The molecule has 3 N–H and O–H groups in total. The molecule has 1 aromatic heterocycles. The molecule has 1 aromatic carbocycles. The van der Waals surface area contributed by atoms with E-state index in [4.69, 9.17) is 17.3 Å². The van der Waals surface area contributed by atoms with Crippen molar-refractivity contribution in [1.29, 1.82) is 0 Å². The van der Waals surface area contributed by atoms with Crippen LogP contribution in [0.5, 0.6) is 5.75 Å². The van der Waals surface area contributed by atoms with Crippen LogP contribution in [0.2, 0.25) is 5.02 Å². The average molecular weight is 335 g/mol. The molecule has 0 unspecified atom stereocenters. The molecule has 1 heterocycles. The number of thiazole rings is 1. The van der Waals surface area contributed by atoms with Crippen molar-refractivity contribution < 1.29 is 5.11 Å². The van der Waals surface area contributed by atoms with E-state index in [9.17, 15) is 5.11 Å². The summed E-state index contributed by atoms with van der Waals surface area (Å²) in [5.74, 6) is 0.400. The highest BCUT2D eigenvalue weighted by molar-refractivity contribution is 7.11. The largest absolute Gasteiger partial charge is 0.506 e. The number of benzene rings is 1. The number of phenols is 1. The van der Waals surface area contributed by atoms with E-state index in [1.54, 1.807) is 24.6 Å². The van der Waals surface area contributed by atoms with E-state index in [0.29, 0.717) is 22.8 Å². The number of hydrogen-bond donors (Lipinski definition) is 2. The molecule has 22 heavy (non-hydrogen) atoms. The Morgan fingerprint density at radius 1 is 1.41 bits per heavy atom. The number of nitrogens with two attached hydrogens (primary N) is 1. The van der Waals surface area contributed by atoms with Crippen LogP contribution in [-0.2, 0) is 0 Å². The van der Waals surface area contributed by atoms with Gasteiger partial charge in [-0.2, -0.15) is 0 Å². The molecule has 0 atom stereocenters. The number of phenolic OH excluding ortho intramolecular Hbond substituents is 1. The maximum atomic E-state index is 9.56. The van der Waals surface area contributed by atoms with E-state index in [1.807, 2.05) is 6.92 Å². The summed E-state index contributed by atoms with van der Waals surface area (Å²) in [6.45, 7) is 7.20. The highest BCUT2D eigenvalue weighted by Crippen LogP contribution is 2.35. The van der Waals surface area contributed by atoms with Crippen LogP contribution in [0, 0.1) is 6.92 Å². The number of aliphatic imine (C=N–C) groups is 2. The lowest BCUT2D eigenvalue weighted by molar-refractivity contribution is 0.475. The van der Waals surface area contributed by atoms with Gasteiger partial charge in [0, 0.05) is 5.56 Å². The van der Waals surface area contributed by atoms with Gasteiger partial charge in [-0.3, -0.25) is 4.99 Å². The summed E-state index contributed by atoms with van der Waals surface area (Å²) in [6, 6.07) is 4.81. The van der Waals surface area contributed by atoms with Crippen LogP contribution in [-0.4, -0.2) is 22.6 Å². The molecule has 5 nitrogen and oxygen atoms in total. The molecule has 0 saturated carbocycles. The average Bonchev–Trinajstić information content (AvgIpc) is 2.88. The van der Waals surface area contributed by atoms with E-state index < -0.39 is 0 Å². The van der Waals surface area contributed by atoms with Crippen LogP contribution in [0.1, 0.15) is 23.1 Å². The SMILES string of the molecule is C=N/C(=C(\N=C(C)N)c1scnc1C)c1ccc(O)c(Cl)c1. The summed E-state index contributed by atoms with van der Waals surface area (Å²) in [7, 11) is 0. The first-order chi connectivity index (χ1) is 10.4. The minimum Gasteiger partial charge on any atom is -0.506 e. The molecule has 2 aromatic rings. The Hall–Kier alpha value is -2.18. The summed E-state index contributed by atoms with van der Waals surface area (Å²) >= 11 is 7.42. The van der Waals surface area contributed by atoms with E-state index >= 15 is 0 Å². The number of aryl methyl sites for hydroxylation is 1. The standard InChI is InChI=1S/C15H15ClN4OS/c1-8-15(22-7-19-8)14(20-9(2)17)13(18-3)10-4-5-12(21)11(16)6-10/h4-7,21H,3H2,1-2H3,(H2,17,20)/b14-13-. The Labute approximate surface area is 137 Å². The molecule has 114 valence electrons. The fourth-order valence-corrected chi connectivity index (χ4v) is 2.85. The topological polar surface area (TPSA) is 83.9 Å². The summed E-state index contributed by atoms with van der Waals surface area (Å²) in [5, 5.41) is 9.79. The number of aromatic nitrogens is 1. The predicted octanol–water partition coefficient (Wildman–Crippen LogP) is 3.71. The number of hydrogen-bond acceptors (Lipinski definition) is 5. The van der Waals surface area contributed by atoms with Gasteiger partial charge in [-0.15, -0.1) is 11.3 Å². The zero-order chi connectivity index (χ0) is 16.3.